The SMILES string of the molecule is Cl.O=CC1=C(Cl)CCN(Cc2ccccc2Cl)CC1. The van der Waals surface area contributed by atoms with E-state index in [9.17, 15) is 4.79 Å². The maximum Gasteiger partial charge on any atom is 0.147 e. The van der Waals surface area contributed by atoms with E-state index in [0.29, 0.717) is 11.5 Å². The first-order valence-electron chi connectivity index (χ1n) is 5.99. The summed E-state index contributed by atoms with van der Waals surface area (Å²) in [5.41, 5.74) is 1.85. The average molecular weight is 321 g/mol. The van der Waals surface area contributed by atoms with Crippen molar-refractivity contribution in [2.75, 3.05) is 13.1 Å². The van der Waals surface area contributed by atoms with E-state index >= 15 is 0 Å². The second kappa shape index (κ2) is 7.91. The number of carbonyl (C=O) groups is 1. The fraction of sp³-hybridized carbons (Fsp3) is 0.357. The van der Waals surface area contributed by atoms with Gasteiger partial charge in [0.25, 0.3) is 0 Å². The molecule has 0 saturated heterocycles. The highest BCUT2D eigenvalue weighted by Crippen LogP contribution is 2.23. The third-order valence-electron chi connectivity index (χ3n) is 3.19. The fourth-order valence-corrected chi connectivity index (χ4v) is 2.51. The van der Waals surface area contributed by atoms with Crippen LogP contribution in [0.3, 0.4) is 0 Å². The Hall–Kier alpha value is -0.540. The van der Waals surface area contributed by atoms with Gasteiger partial charge in [0.1, 0.15) is 6.29 Å². The third-order valence-corrected chi connectivity index (χ3v) is 3.99. The molecule has 0 radical (unpaired) electrons. The standard InChI is InChI=1S/C14H15Cl2NO.ClH/c15-13-4-2-1-3-11(13)9-17-7-5-12(10-18)14(16)6-8-17;/h1-4,10H,5-9H2;1H. The van der Waals surface area contributed by atoms with E-state index in [1.54, 1.807) is 0 Å². The van der Waals surface area contributed by atoms with Crippen LogP contribution in [0.5, 0.6) is 0 Å². The normalized spacial score (nSPS) is 16.7. The van der Waals surface area contributed by atoms with Gasteiger partial charge >= 0.3 is 0 Å². The molecule has 0 spiro atoms. The van der Waals surface area contributed by atoms with Gasteiger partial charge in [-0.25, -0.2) is 0 Å². The summed E-state index contributed by atoms with van der Waals surface area (Å²) >= 11 is 12.2. The van der Waals surface area contributed by atoms with E-state index in [1.807, 2.05) is 24.3 Å². The van der Waals surface area contributed by atoms with Crippen LogP contribution in [0, 0.1) is 0 Å². The molecule has 5 heteroatoms. The lowest BCUT2D eigenvalue weighted by molar-refractivity contribution is -0.105. The van der Waals surface area contributed by atoms with E-state index in [1.165, 1.54) is 0 Å². The van der Waals surface area contributed by atoms with Crippen LogP contribution < -0.4 is 0 Å². The Morgan fingerprint density at radius 3 is 2.53 bits per heavy atom. The first-order valence-corrected chi connectivity index (χ1v) is 6.74. The van der Waals surface area contributed by atoms with Gasteiger partial charge in [-0.15, -0.1) is 12.4 Å². The first-order chi connectivity index (χ1) is 8.70. The van der Waals surface area contributed by atoms with Gasteiger partial charge < -0.3 is 0 Å². The minimum atomic E-state index is 0. The van der Waals surface area contributed by atoms with E-state index in [0.717, 1.165) is 48.5 Å². The number of halogens is 3. The van der Waals surface area contributed by atoms with Crippen molar-refractivity contribution in [2.24, 2.45) is 0 Å². The van der Waals surface area contributed by atoms with Crippen LogP contribution in [-0.4, -0.2) is 24.3 Å². The highest BCUT2D eigenvalue weighted by Gasteiger charge is 2.15. The molecule has 0 atom stereocenters. The lowest BCUT2D eigenvalue weighted by Gasteiger charge is -2.20. The number of nitrogens with zero attached hydrogens (tertiary/aromatic N) is 1. The minimum Gasteiger partial charge on any atom is -0.298 e. The Morgan fingerprint density at radius 1 is 1.16 bits per heavy atom. The average Bonchev–Trinajstić information content (AvgIpc) is 2.55. The summed E-state index contributed by atoms with van der Waals surface area (Å²) in [7, 11) is 0. The van der Waals surface area contributed by atoms with Crippen molar-refractivity contribution in [3.05, 3.63) is 45.5 Å². The van der Waals surface area contributed by atoms with Gasteiger partial charge in [0.15, 0.2) is 0 Å². The van der Waals surface area contributed by atoms with Crippen LogP contribution in [0.4, 0.5) is 0 Å². The molecule has 1 heterocycles. The molecule has 0 aromatic heterocycles. The van der Waals surface area contributed by atoms with Crippen molar-refractivity contribution in [1.82, 2.24) is 4.90 Å². The minimum absolute atomic E-state index is 0. The molecular formula is C14H16Cl3NO. The molecule has 0 bridgehead atoms. The quantitative estimate of drug-likeness (QED) is 0.783. The summed E-state index contributed by atoms with van der Waals surface area (Å²) in [6, 6.07) is 7.85. The number of hydrogen-bond acceptors (Lipinski definition) is 2. The van der Waals surface area contributed by atoms with Gasteiger partial charge in [0.05, 0.1) is 0 Å². The molecule has 1 aromatic carbocycles. The zero-order chi connectivity index (χ0) is 13.0. The molecule has 1 aliphatic rings. The first kappa shape index (κ1) is 16.5. The van der Waals surface area contributed by atoms with Crippen molar-refractivity contribution in [1.29, 1.82) is 0 Å². The molecule has 19 heavy (non-hydrogen) atoms. The molecular weight excluding hydrogens is 305 g/mol. The van der Waals surface area contributed by atoms with Crippen LogP contribution in [-0.2, 0) is 11.3 Å². The van der Waals surface area contributed by atoms with Gasteiger partial charge in [-0.3, -0.25) is 9.69 Å². The largest absolute Gasteiger partial charge is 0.298 e. The Labute approximate surface area is 129 Å². The van der Waals surface area contributed by atoms with Gasteiger partial charge in [0, 0.05) is 35.3 Å². The van der Waals surface area contributed by atoms with Crippen LogP contribution in [0.25, 0.3) is 0 Å². The summed E-state index contributed by atoms with van der Waals surface area (Å²) in [5, 5.41) is 1.49. The predicted molar refractivity (Wildman–Crippen MR) is 82.2 cm³/mol. The Morgan fingerprint density at radius 2 is 1.84 bits per heavy atom. The second-order valence-electron chi connectivity index (χ2n) is 4.42. The second-order valence-corrected chi connectivity index (χ2v) is 5.28. The third kappa shape index (κ3) is 4.50. The molecule has 0 unspecified atom stereocenters. The molecule has 2 rings (SSSR count). The van der Waals surface area contributed by atoms with Crippen molar-refractivity contribution in [3.63, 3.8) is 0 Å². The highest BCUT2D eigenvalue weighted by atomic mass is 35.5. The summed E-state index contributed by atoms with van der Waals surface area (Å²) in [5.74, 6) is 0. The molecule has 1 aromatic rings. The zero-order valence-electron chi connectivity index (χ0n) is 10.4. The molecule has 0 aliphatic carbocycles. The summed E-state index contributed by atoms with van der Waals surface area (Å²) in [6.07, 6.45) is 2.33. The molecule has 0 N–H and O–H groups in total. The Balaban J connectivity index is 0.00000180. The van der Waals surface area contributed by atoms with Crippen LogP contribution in [0.1, 0.15) is 18.4 Å². The Bertz CT molecular complexity index is 474. The number of rotatable bonds is 3. The summed E-state index contributed by atoms with van der Waals surface area (Å²) in [6.45, 7) is 2.51. The lowest BCUT2D eigenvalue weighted by atomic mass is 10.2. The highest BCUT2D eigenvalue weighted by molar-refractivity contribution is 6.31. The molecule has 0 amide bonds. The molecule has 0 fully saturated rings. The van der Waals surface area contributed by atoms with Crippen molar-refractivity contribution >= 4 is 41.9 Å². The Kier molecular flexibility index (Phi) is 6.87. The van der Waals surface area contributed by atoms with Crippen LogP contribution in [0.2, 0.25) is 5.02 Å². The van der Waals surface area contributed by atoms with E-state index in [2.05, 4.69) is 4.90 Å². The maximum absolute atomic E-state index is 10.9. The summed E-state index contributed by atoms with van der Waals surface area (Å²) < 4.78 is 0. The number of hydrogen-bond donors (Lipinski definition) is 0. The lowest BCUT2D eigenvalue weighted by Crippen LogP contribution is -2.24. The predicted octanol–water partition coefficient (Wildman–Crippen LogP) is 4.05. The van der Waals surface area contributed by atoms with Gasteiger partial charge in [-0.1, -0.05) is 41.4 Å². The maximum atomic E-state index is 10.9. The van der Waals surface area contributed by atoms with Crippen LogP contribution in [0.15, 0.2) is 34.9 Å². The number of aldehydes is 1. The van der Waals surface area contributed by atoms with Gasteiger partial charge in [0.2, 0.25) is 0 Å². The van der Waals surface area contributed by atoms with Crippen molar-refractivity contribution in [2.45, 2.75) is 19.4 Å². The van der Waals surface area contributed by atoms with E-state index in [-0.39, 0.29) is 12.4 Å². The van der Waals surface area contributed by atoms with Gasteiger partial charge in [-0.05, 0) is 24.5 Å². The van der Waals surface area contributed by atoms with Crippen LogP contribution >= 0.6 is 35.6 Å². The topological polar surface area (TPSA) is 20.3 Å². The van der Waals surface area contributed by atoms with Crippen molar-refractivity contribution in [3.8, 4) is 0 Å². The smallest absolute Gasteiger partial charge is 0.147 e. The molecule has 2 nitrogen and oxygen atoms in total. The number of benzene rings is 1. The molecule has 104 valence electrons. The molecule has 0 saturated carbocycles. The monoisotopic (exact) mass is 319 g/mol. The molecule has 1 aliphatic heterocycles. The summed E-state index contributed by atoms with van der Waals surface area (Å²) in [4.78, 5) is 13.1. The van der Waals surface area contributed by atoms with Gasteiger partial charge in [-0.2, -0.15) is 0 Å². The van der Waals surface area contributed by atoms with E-state index < -0.39 is 0 Å². The van der Waals surface area contributed by atoms with Crippen molar-refractivity contribution < 1.29 is 4.79 Å². The van der Waals surface area contributed by atoms with E-state index in [4.69, 9.17) is 23.2 Å². The fourth-order valence-electron chi connectivity index (χ4n) is 2.09. The zero-order valence-corrected chi connectivity index (χ0v) is 12.8. The number of carbonyl (C=O) groups excluding carboxylic acids is 1.